The van der Waals surface area contributed by atoms with Crippen molar-refractivity contribution in [1.29, 1.82) is 0 Å². The Labute approximate surface area is 96.7 Å². The van der Waals surface area contributed by atoms with Crippen molar-refractivity contribution in [2.45, 2.75) is 32.7 Å². The van der Waals surface area contributed by atoms with Crippen LogP contribution < -0.4 is 5.73 Å². The fourth-order valence-electron chi connectivity index (χ4n) is 1.49. The van der Waals surface area contributed by atoms with Crippen LogP contribution in [0.4, 0.5) is 0 Å². The Morgan fingerprint density at radius 1 is 1.50 bits per heavy atom. The highest BCUT2D eigenvalue weighted by molar-refractivity contribution is 7.91. The van der Waals surface area contributed by atoms with Gasteiger partial charge in [-0.1, -0.05) is 6.92 Å². The number of hydrogen-bond acceptors (Lipinski definition) is 4. The molecule has 0 saturated heterocycles. The summed E-state index contributed by atoms with van der Waals surface area (Å²) in [5.41, 5.74) is 6.86. The van der Waals surface area contributed by atoms with Gasteiger partial charge >= 0.3 is 0 Å². The maximum absolute atomic E-state index is 11.3. The summed E-state index contributed by atoms with van der Waals surface area (Å²) in [5.74, 6) is 1.24. The minimum absolute atomic E-state index is 0.135. The summed E-state index contributed by atoms with van der Waals surface area (Å²) < 4.78 is 27.7. The first-order valence-electron chi connectivity index (χ1n) is 5.45. The molecule has 0 amide bonds. The third-order valence-corrected chi connectivity index (χ3v) is 4.38. The molecule has 92 valence electrons. The molecule has 0 saturated carbocycles. The average Bonchev–Trinajstić information content (AvgIpc) is 2.64. The lowest BCUT2D eigenvalue weighted by Gasteiger charge is -2.08. The third kappa shape index (κ3) is 3.98. The zero-order valence-corrected chi connectivity index (χ0v) is 10.6. The molecule has 16 heavy (non-hydrogen) atoms. The molecule has 1 aromatic heterocycles. The second-order valence-corrected chi connectivity index (χ2v) is 6.45. The van der Waals surface area contributed by atoms with Gasteiger partial charge < -0.3 is 10.2 Å². The molecule has 5 heteroatoms. The van der Waals surface area contributed by atoms with Crippen molar-refractivity contribution in [3.05, 3.63) is 23.7 Å². The Kier molecular flexibility index (Phi) is 4.56. The van der Waals surface area contributed by atoms with E-state index in [1.807, 2.05) is 13.0 Å². The van der Waals surface area contributed by atoms with Crippen LogP contribution in [0, 0.1) is 6.92 Å². The third-order valence-electron chi connectivity index (χ3n) is 2.59. The van der Waals surface area contributed by atoms with Crippen molar-refractivity contribution in [2.24, 2.45) is 5.73 Å². The van der Waals surface area contributed by atoms with Gasteiger partial charge in [-0.3, -0.25) is 0 Å². The van der Waals surface area contributed by atoms with E-state index in [9.17, 15) is 8.42 Å². The Bertz CT molecular complexity index is 422. The van der Waals surface area contributed by atoms with Gasteiger partial charge in [0.1, 0.15) is 15.6 Å². The molecule has 0 aliphatic rings. The molecule has 1 atom stereocenters. The van der Waals surface area contributed by atoms with Gasteiger partial charge in [0.15, 0.2) is 0 Å². The molecule has 1 rings (SSSR count). The van der Waals surface area contributed by atoms with Crippen LogP contribution in [0.15, 0.2) is 16.7 Å². The van der Waals surface area contributed by atoms with Gasteiger partial charge in [0.2, 0.25) is 0 Å². The van der Waals surface area contributed by atoms with Crippen LogP contribution in [0.25, 0.3) is 0 Å². The smallest absolute Gasteiger partial charge is 0.150 e. The summed E-state index contributed by atoms with van der Waals surface area (Å²) >= 11 is 0. The number of hydrogen-bond donors (Lipinski definition) is 1. The average molecular weight is 245 g/mol. The topological polar surface area (TPSA) is 73.3 Å². The zero-order valence-electron chi connectivity index (χ0n) is 9.77. The predicted molar refractivity (Wildman–Crippen MR) is 63.9 cm³/mol. The maximum atomic E-state index is 11.3. The molecule has 1 unspecified atom stereocenters. The molecule has 0 aliphatic carbocycles. The quantitative estimate of drug-likeness (QED) is 0.829. The molecule has 2 N–H and O–H groups in total. The lowest BCUT2D eigenvalue weighted by molar-refractivity contribution is 0.525. The summed E-state index contributed by atoms with van der Waals surface area (Å²) in [7, 11) is -2.87. The zero-order chi connectivity index (χ0) is 12.2. The van der Waals surface area contributed by atoms with E-state index in [0.29, 0.717) is 12.8 Å². The van der Waals surface area contributed by atoms with E-state index >= 15 is 0 Å². The summed E-state index contributed by atoms with van der Waals surface area (Å²) in [6, 6.07) is 1.75. The minimum Gasteiger partial charge on any atom is -0.469 e. The summed E-state index contributed by atoms with van der Waals surface area (Å²) in [5, 5.41) is 0. The number of sulfone groups is 1. The van der Waals surface area contributed by atoms with Gasteiger partial charge in [-0.2, -0.15) is 0 Å². The van der Waals surface area contributed by atoms with Crippen molar-refractivity contribution < 1.29 is 12.8 Å². The van der Waals surface area contributed by atoms with Gasteiger partial charge in [-0.25, -0.2) is 8.42 Å². The summed E-state index contributed by atoms with van der Waals surface area (Å²) in [6.45, 7) is 3.52. The van der Waals surface area contributed by atoms with Crippen molar-refractivity contribution in [1.82, 2.24) is 0 Å². The van der Waals surface area contributed by atoms with E-state index in [1.54, 1.807) is 13.2 Å². The van der Waals surface area contributed by atoms with E-state index < -0.39 is 9.84 Å². The second kappa shape index (κ2) is 5.50. The Hall–Kier alpha value is -0.810. The predicted octanol–water partition coefficient (Wildman–Crippen LogP) is 1.80. The van der Waals surface area contributed by atoms with Gasteiger partial charge in [-0.15, -0.1) is 0 Å². The molecule has 0 spiro atoms. The molecular weight excluding hydrogens is 226 g/mol. The first-order chi connectivity index (χ1) is 7.44. The SMILES string of the molecule is CCS(=O)(=O)CCCC(N)c1coc(C)c1. The lowest BCUT2D eigenvalue weighted by Crippen LogP contribution is -2.13. The van der Waals surface area contributed by atoms with Crippen LogP contribution in [0.5, 0.6) is 0 Å². The highest BCUT2D eigenvalue weighted by Gasteiger charge is 2.11. The van der Waals surface area contributed by atoms with Crippen LogP contribution in [-0.2, 0) is 9.84 Å². The van der Waals surface area contributed by atoms with Gasteiger partial charge in [0.25, 0.3) is 0 Å². The second-order valence-electron chi connectivity index (χ2n) is 3.98. The van der Waals surface area contributed by atoms with Crippen LogP contribution in [-0.4, -0.2) is 19.9 Å². The fourth-order valence-corrected chi connectivity index (χ4v) is 2.39. The van der Waals surface area contributed by atoms with Crippen LogP contribution >= 0.6 is 0 Å². The highest BCUT2D eigenvalue weighted by atomic mass is 32.2. The summed E-state index contributed by atoms with van der Waals surface area (Å²) in [6.07, 6.45) is 2.90. The van der Waals surface area contributed by atoms with E-state index in [0.717, 1.165) is 11.3 Å². The molecule has 0 aromatic carbocycles. The van der Waals surface area contributed by atoms with Crippen LogP contribution in [0.1, 0.15) is 37.1 Å². The molecule has 0 bridgehead atoms. The van der Waals surface area contributed by atoms with Crippen molar-refractivity contribution >= 4 is 9.84 Å². The lowest BCUT2D eigenvalue weighted by atomic mass is 10.1. The normalized spacial score (nSPS) is 13.9. The largest absolute Gasteiger partial charge is 0.469 e. The first kappa shape index (κ1) is 13.3. The molecule has 4 nitrogen and oxygen atoms in total. The van der Waals surface area contributed by atoms with Crippen LogP contribution in [0.3, 0.4) is 0 Å². The number of aryl methyl sites for hydroxylation is 1. The van der Waals surface area contributed by atoms with E-state index in [-0.39, 0.29) is 17.5 Å². The van der Waals surface area contributed by atoms with Gasteiger partial charge in [-0.05, 0) is 25.8 Å². The highest BCUT2D eigenvalue weighted by Crippen LogP contribution is 2.18. The van der Waals surface area contributed by atoms with Gasteiger partial charge in [0, 0.05) is 17.4 Å². The monoisotopic (exact) mass is 245 g/mol. The fraction of sp³-hybridized carbons (Fsp3) is 0.636. The molecule has 0 radical (unpaired) electrons. The molecule has 1 aromatic rings. The molecular formula is C11H19NO3S. The Balaban J connectivity index is 2.39. The Morgan fingerprint density at radius 2 is 2.19 bits per heavy atom. The maximum Gasteiger partial charge on any atom is 0.150 e. The Morgan fingerprint density at radius 3 is 2.69 bits per heavy atom. The van der Waals surface area contributed by atoms with E-state index in [4.69, 9.17) is 10.2 Å². The van der Waals surface area contributed by atoms with Crippen molar-refractivity contribution in [3.63, 3.8) is 0 Å². The van der Waals surface area contributed by atoms with E-state index in [1.165, 1.54) is 0 Å². The molecule has 1 heterocycles. The minimum atomic E-state index is -2.87. The van der Waals surface area contributed by atoms with Gasteiger partial charge in [0.05, 0.1) is 12.0 Å². The van der Waals surface area contributed by atoms with E-state index in [2.05, 4.69) is 0 Å². The number of nitrogens with two attached hydrogens (primary N) is 1. The van der Waals surface area contributed by atoms with Crippen molar-refractivity contribution in [3.8, 4) is 0 Å². The first-order valence-corrected chi connectivity index (χ1v) is 7.28. The molecule has 0 fully saturated rings. The summed E-state index contributed by atoms with van der Waals surface area (Å²) in [4.78, 5) is 0. The van der Waals surface area contributed by atoms with Crippen LogP contribution in [0.2, 0.25) is 0 Å². The number of rotatable bonds is 6. The number of furan rings is 1. The van der Waals surface area contributed by atoms with Crippen molar-refractivity contribution in [2.75, 3.05) is 11.5 Å². The standard InChI is InChI=1S/C11H19NO3S/c1-3-16(13,14)6-4-5-11(12)10-7-9(2)15-8-10/h7-8,11H,3-6,12H2,1-2H3. The molecule has 0 aliphatic heterocycles.